The zero-order valence-electron chi connectivity index (χ0n) is 12.5. The van der Waals surface area contributed by atoms with E-state index in [4.69, 9.17) is 0 Å². The molecule has 0 fully saturated rings. The summed E-state index contributed by atoms with van der Waals surface area (Å²) in [4.78, 5) is 14.8. The molecule has 8 heteroatoms. The molecule has 3 rings (SSSR count). The number of aromatic amines is 1. The Balaban J connectivity index is 2.09. The fraction of sp³-hybridized carbons (Fsp3) is 0.0625. The number of benzene rings is 2. The van der Waals surface area contributed by atoms with E-state index >= 15 is 0 Å². The SMILES string of the molecule is COC(=O)c1cc(Br)ccc1S(=O)(=O)Nc1cccc2[nH]ccc12. The first-order valence-electron chi connectivity index (χ1n) is 6.89. The standard InChI is InChI=1S/C16H13BrN2O4S/c1-23-16(20)12-9-10(17)5-6-15(12)24(21,22)19-14-4-2-3-13-11(14)7-8-18-13/h2-9,18-19H,1H3. The van der Waals surface area contributed by atoms with Crippen LogP contribution in [-0.2, 0) is 14.8 Å². The van der Waals surface area contributed by atoms with Gasteiger partial charge in [0, 0.05) is 21.6 Å². The monoisotopic (exact) mass is 408 g/mol. The number of H-pyrrole nitrogens is 1. The third-order valence-corrected chi connectivity index (χ3v) is 5.39. The maximum absolute atomic E-state index is 12.8. The fourth-order valence-electron chi connectivity index (χ4n) is 2.38. The molecular formula is C16H13BrN2O4S. The van der Waals surface area contributed by atoms with Crippen molar-refractivity contribution in [2.24, 2.45) is 0 Å². The van der Waals surface area contributed by atoms with Crippen molar-refractivity contribution in [3.05, 3.63) is 58.7 Å². The largest absolute Gasteiger partial charge is 0.465 e. The van der Waals surface area contributed by atoms with Crippen LogP contribution in [0.1, 0.15) is 10.4 Å². The highest BCUT2D eigenvalue weighted by Crippen LogP contribution is 2.27. The van der Waals surface area contributed by atoms with Crippen molar-refractivity contribution in [3.8, 4) is 0 Å². The number of hydrogen-bond donors (Lipinski definition) is 2. The number of halogens is 1. The van der Waals surface area contributed by atoms with Gasteiger partial charge in [-0.3, -0.25) is 4.72 Å². The molecular weight excluding hydrogens is 396 g/mol. The summed E-state index contributed by atoms with van der Waals surface area (Å²) in [6.07, 6.45) is 1.72. The Kier molecular flexibility index (Phi) is 4.33. The number of carbonyl (C=O) groups excluding carboxylic acids is 1. The lowest BCUT2D eigenvalue weighted by Crippen LogP contribution is -2.17. The molecule has 2 N–H and O–H groups in total. The minimum absolute atomic E-state index is 0.0411. The number of hydrogen-bond acceptors (Lipinski definition) is 4. The average Bonchev–Trinajstić information content (AvgIpc) is 3.03. The van der Waals surface area contributed by atoms with Gasteiger partial charge in [-0.2, -0.15) is 0 Å². The Morgan fingerprint density at radius 2 is 2.00 bits per heavy atom. The first-order valence-corrected chi connectivity index (χ1v) is 9.17. The average molecular weight is 409 g/mol. The maximum atomic E-state index is 12.8. The van der Waals surface area contributed by atoms with Gasteiger partial charge >= 0.3 is 5.97 Å². The summed E-state index contributed by atoms with van der Waals surface area (Å²) >= 11 is 3.23. The van der Waals surface area contributed by atoms with Crippen LogP contribution in [0.4, 0.5) is 5.69 Å². The lowest BCUT2D eigenvalue weighted by Gasteiger charge is -2.12. The second-order valence-corrected chi connectivity index (χ2v) is 7.55. The number of anilines is 1. The molecule has 6 nitrogen and oxygen atoms in total. The summed E-state index contributed by atoms with van der Waals surface area (Å²) in [5.74, 6) is -0.725. The van der Waals surface area contributed by atoms with Gasteiger partial charge in [0.05, 0.1) is 18.4 Å². The molecule has 0 aliphatic rings. The molecule has 2 aromatic carbocycles. The molecule has 0 spiro atoms. The van der Waals surface area contributed by atoms with Gasteiger partial charge in [0.15, 0.2) is 0 Å². The van der Waals surface area contributed by atoms with Crippen molar-refractivity contribution >= 4 is 48.5 Å². The zero-order chi connectivity index (χ0) is 17.3. The summed E-state index contributed by atoms with van der Waals surface area (Å²) in [6, 6.07) is 11.3. The van der Waals surface area contributed by atoms with E-state index in [-0.39, 0.29) is 10.5 Å². The topological polar surface area (TPSA) is 88.3 Å². The number of methoxy groups -OCH3 is 1. The van der Waals surface area contributed by atoms with E-state index < -0.39 is 16.0 Å². The highest BCUT2D eigenvalue weighted by atomic mass is 79.9. The zero-order valence-corrected chi connectivity index (χ0v) is 14.9. The molecule has 0 radical (unpaired) electrons. The third kappa shape index (κ3) is 3.02. The predicted molar refractivity (Wildman–Crippen MR) is 94.6 cm³/mol. The van der Waals surface area contributed by atoms with Crippen LogP contribution in [0.15, 0.2) is 58.0 Å². The molecule has 24 heavy (non-hydrogen) atoms. The van der Waals surface area contributed by atoms with Gasteiger partial charge in [-0.15, -0.1) is 0 Å². The van der Waals surface area contributed by atoms with Gasteiger partial charge in [-0.25, -0.2) is 13.2 Å². The molecule has 0 bridgehead atoms. The van der Waals surface area contributed by atoms with Crippen molar-refractivity contribution in [2.75, 3.05) is 11.8 Å². The molecule has 1 aromatic heterocycles. The number of esters is 1. The number of aromatic nitrogens is 1. The number of rotatable bonds is 4. The smallest absolute Gasteiger partial charge is 0.339 e. The Morgan fingerprint density at radius 1 is 1.21 bits per heavy atom. The van der Waals surface area contributed by atoms with Gasteiger partial charge in [0.1, 0.15) is 4.90 Å². The second kappa shape index (κ2) is 6.29. The second-order valence-electron chi connectivity index (χ2n) is 4.98. The molecule has 0 aliphatic carbocycles. The van der Waals surface area contributed by atoms with Crippen LogP contribution in [0.25, 0.3) is 10.9 Å². The Hall–Kier alpha value is -2.32. The first kappa shape index (κ1) is 16.5. The van der Waals surface area contributed by atoms with Crippen LogP contribution in [0.2, 0.25) is 0 Å². The van der Waals surface area contributed by atoms with Crippen LogP contribution in [0.3, 0.4) is 0 Å². The summed E-state index contributed by atoms with van der Waals surface area (Å²) < 4.78 is 33.3. The Morgan fingerprint density at radius 3 is 2.75 bits per heavy atom. The van der Waals surface area contributed by atoms with Crippen molar-refractivity contribution in [1.82, 2.24) is 4.98 Å². The van der Waals surface area contributed by atoms with E-state index in [1.165, 1.54) is 19.2 Å². The lowest BCUT2D eigenvalue weighted by molar-refractivity contribution is 0.0596. The molecule has 3 aromatic rings. The van der Waals surface area contributed by atoms with Crippen molar-refractivity contribution < 1.29 is 17.9 Å². The van der Waals surface area contributed by atoms with E-state index in [1.807, 2.05) is 6.07 Å². The Bertz CT molecular complexity index is 1030. The molecule has 0 amide bonds. The van der Waals surface area contributed by atoms with E-state index in [1.54, 1.807) is 30.5 Å². The maximum Gasteiger partial charge on any atom is 0.339 e. The molecule has 1 heterocycles. The third-order valence-electron chi connectivity index (χ3n) is 3.48. The van der Waals surface area contributed by atoms with Crippen molar-refractivity contribution in [2.45, 2.75) is 4.90 Å². The van der Waals surface area contributed by atoms with Gasteiger partial charge in [-0.1, -0.05) is 22.0 Å². The molecule has 0 aliphatic heterocycles. The number of nitrogens with one attached hydrogen (secondary N) is 2. The highest BCUT2D eigenvalue weighted by molar-refractivity contribution is 9.10. The van der Waals surface area contributed by atoms with Gasteiger partial charge < -0.3 is 9.72 Å². The van der Waals surface area contributed by atoms with Crippen LogP contribution in [-0.4, -0.2) is 26.5 Å². The highest BCUT2D eigenvalue weighted by Gasteiger charge is 2.24. The fourth-order valence-corrected chi connectivity index (χ4v) is 4.00. The minimum atomic E-state index is -3.97. The molecule has 0 saturated heterocycles. The summed E-state index contributed by atoms with van der Waals surface area (Å²) in [5.41, 5.74) is 1.19. The van der Waals surface area contributed by atoms with Crippen molar-refractivity contribution in [1.29, 1.82) is 0 Å². The number of carbonyl (C=O) groups is 1. The van der Waals surface area contributed by atoms with Gasteiger partial charge in [0.2, 0.25) is 0 Å². The molecule has 124 valence electrons. The molecule has 0 saturated carbocycles. The summed E-state index contributed by atoms with van der Waals surface area (Å²) in [6.45, 7) is 0. The number of sulfonamides is 1. The minimum Gasteiger partial charge on any atom is -0.465 e. The van der Waals surface area contributed by atoms with E-state index in [0.29, 0.717) is 10.2 Å². The number of ether oxygens (including phenoxy) is 1. The predicted octanol–water partition coefficient (Wildman–Crippen LogP) is 3.52. The Labute approximate surface area is 147 Å². The molecule has 0 unspecified atom stereocenters. The van der Waals surface area contributed by atoms with Crippen LogP contribution in [0, 0.1) is 0 Å². The van der Waals surface area contributed by atoms with E-state index in [9.17, 15) is 13.2 Å². The number of fused-ring (bicyclic) bond motifs is 1. The first-order chi connectivity index (χ1) is 11.4. The van der Waals surface area contributed by atoms with E-state index in [0.717, 1.165) is 10.9 Å². The molecule has 0 atom stereocenters. The van der Waals surface area contributed by atoms with E-state index in [2.05, 4.69) is 30.4 Å². The normalized spacial score (nSPS) is 11.4. The lowest BCUT2D eigenvalue weighted by atomic mass is 10.2. The van der Waals surface area contributed by atoms with Gasteiger partial charge in [0.25, 0.3) is 10.0 Å². The van der Waals surface area contributed by atoms with Crippen LogP contribution >= 0.6 is 15.9 Å². The van der Waals surface area contributed by atoms with Gasteiger partial charge in [-0.05, 0) is 36.4 Å². The van der Waals surface area contributed by atoms with Crippen molar-refractivity contribution in [3.63, 3.8) is 0 Å². The van der Waals surface area contributed by atoms with Crippen LogP contribution in [0.5, 0.6) is 0 Å². The van der Waals surface area contributed by atoms with Crippen LogP contribution < -0.4 is 4.72 Å². The summed E-state index contributed by atoms with van der Waals surface area (Å²) in [5, 5.41) is 0.734. The summed E-state index contributed by atoms with van der Waals surface area (Å²) in [7, 11) is -2.77. The quantitative estimate of drug-likeness (QED) is 0.646.